The van der Waals surface area contributed by atoms with Gasteiger partial charge in [0.15, 0.2) is 11.5 Å². The summed E-state index contributed by atoms with van der Waals surface area (Å²) in [5, 5.41) is 2.81. The lowest BCUT2D eigenvalue weighted by molar-refractivity contribution is -0.123. The fraction of sp³-hybridized carbons (Fsp3) is 0.238. The molecule has 5 nitrogen and oxygen atoms in total. The third-order valence-corrected chi connectivity index (χ3v) is 4.13. The van der Waals surface area contributed by atoms with E-state index >= 15 is 0 Å². The molecule has 1 N–H and O–H groups in total. The maximum atomic E-state index is 13.4. The Balaban J connectivity index is 1.87. The molecule has 0 aliphatic carbocycles. The minimum atomic E-state index is -0.441. The van der Waals surface area contributed by atoms with Crippen LogP contribution in [-0.4, -0.2) is 24.9 Å². The molecule has 0 aromatic heterocycles. The number of carbonyl (C=O) groups excluding carboxylic acids is 2. The third-order valence-electron chi connectivity index (χ3n) is 4.13. The van der Waals surface area contributed by atoms with E-state index in [1.165, 1.54) is 23.1 Å². The molecule has 2 amide bonds. The van der Waals surface area contributed by atoms with E-state index in [1.54, 1.807) is 36.4 Å². The highest BCUT2D eigenvalue weighted by Crippen LogP contribution is 2.35. The van der Waals surface area contributed by atoms with Gasteiger partial charge < -0.3 is 10.1 Å². The van der Waals surface area contributed by atoms with E-state index in [2.05, 4.69) is 5.32 Å². The van der Waals surface area contributed by atoms with Crippen molar-refractivity contribution in [3.8, 4) is 5.75 Å². The summed E-state index contributed by atoms with van der Waals surface area (Å²) in [5.74, 6) is -0.566. The molecule has 0 fully saturated rings. The molecule has 0 radical (unpaired) electrons. The summed E-state index contributed by atoms with van der Waals surface area (Å²) >= 11 is 0. The molecule has 27 heavy (non-hydrogen) atoms. The van der Waals surface area contributed by atoms with Gasteiger partial charge in [-0.05, 0) is 42.3 Å². The van der Waals surface area contributed by atoms with Crippen molar-refractivity contribution in [2.24, 2.45) is 0 Å². The molecule has 0 saturated carbocycles. The van der Waals surface area contributed by atoms with E-state index in [-0.39, 0.29) is 18.2 Å². The van der Waals surface area contributed by atoms with Crippen molar-refractivity contribution in [1.82, 2.24) is 5.32 Å². The van der Waals surface area contributed by atoms with Crippen LogP contribution in [0.1, 0.15) is 25.3 Å². The number of unbranched alkanes of at least 4 members (excludes halogenated alkanes) is 1. The Morgan fingerprint density at radius 3 is 2.81 bits per heavy atom. The second kappa shape index (κ2) is 8.49. The van der Waals surface area contributed by atoms with Crippen molar-refractivity contribution in [2.75, 3.05) is 18.0 Å². The number of nitrogens with one attached hydrogen (secondary N) is 1. The topological polar surface area (TPSA) is 58.6 Å². The molecule has 0 bridgehead atoms. The number of hydrogen-bond acceptors (Lipinski definition) is 3. The van der Waals surface area contributed by atoms with Gasteiger partial charge in [-0.15, -0.1) is 0 Å². The summed E-state index contributed by atoms with van der Waals surface area (Å²) in [7, 11) is 0. The number of halogens is 1. The maximum absolute atomic E-state index is 13.4. The van der Waals surface area contributed by atoms with Crippen molar-refractivity contribution in [3.63, 3.8) is 0 Å². The highest BCUT2D eigenvalue weighted by atomic mass is 19.1. The normalized spacial score (nSPS) is 14.7. The van der Waals surface area contributed by atoms with Crippen LogP contribution in [0.5, 0.6) is 5.75 Å². The van der Waals surface area contributed by atoms with E-state index in [9.17, 15) is 14.0 Å². The highest BCUT2D eigenvalue weighted by molar-refractivity contribution is 6.12. The SMILES string of the molecule is CCCCNC(=O)CN1C(=O)/C(=C\c2cccc(F)c2)Oc2ccccc21. The van der Waals surface area contributed by atoms with Crippen LogP contribution in [0.15, 0.2) is 54.3 Å². The Bertz CT molecular complexity index is 879. The fourth-order valence-electron chi connectivity index (χ4n) is 2.77. The first kappa shape index (κ1) is 18.6. The van der Waals surface area contributed by atoms with E-state index in [1.807, 2.05) is 6.92 Å². The first-order chi connectivity index (χ1) is 13.1. The minimum absolute atomic E-state index is 0.0423. The van der Waals surface area contributed by atoms with E-state index < -0.39 is 11.7 Å². The predicted octanol–water partition coefficient (Wildman–Crippen LogP) is 3.51. The molecule has 3 rings (SSSR count). The number of amides is 2. The van der Waals surface area contributed by atoms with Gasteiger partial charge in [0.05, 0.1) is 5.69 Å². The molecular weight excluding hydrogens is 347 g/mol. The molecule has 2 aromatic carbocycles. The van der Waals surface area contributed by atoms with Crippen LogP contribution in [0.25, 0.3) is 6.08 Å². The number of carbonyl (C=O) groups is 2. The van der Waals surface area contributed by atoms with Gasteiger partial charge in [-0.2, -0.15) is 0 Å². The Kier molecular flexibility index (Phi) is 5.86. The molecule has 6 heteroatoms. The zero-order valence-corrected chi connectivity index (χ0v) is 15.1. The monoisotopic (exact) mass is 368 g/mol. The first-order valence-electron chi connectivity index (χ1n) is 8.91. The van der Waals surface area contributed by atoms with Crippen molar-refractivity contribution < 1.29 is 18.7 Å². The number of fused-ring (bicyclic) bond motifs is 1. The van der Waals surface area contributed by atoms with Gasteiger partial charge in [-0.3, -0.25) is 14.5 Å². The minimum Gasteiger partial charge on any atom is -0.449 e. The lowest BCUT2D eigenvalue weighted by Gasteiger charge is -2.30. The fourth-order valence-corrected chi connectivity index (χ4v) is 2.77. The Labute approximate surface area is 157 Å². The van der Waals surface area contributed by atoms with Crippen molar-refractivity contribution in [2.45, 2.75) is 19.8 Å². The van der Waals surface area contributed by atoms with Gasteiger partial charge in [0.2, 0.25) is 5.91 Å². The van der Waals surface area contributed by atoms with E-state index in [0.29, 0.717) is 23.5 Å². The summed E-state index contributed by atoms with van der Waals surface area (Å²) in [6, 6.07) is 12.9. The number of rotatable bonds is 6. The van der Waals surface area contributed by atoms with E-state index in [4.69, 9.17) is 4.74 Å². The zero-order chi connectivity index (χ0) is 19.2. The van der Waals surface area contributed by atoms with Crippen LogP contribution < -0.4 is 15.0 Å². The predicted molar refractivity (Wildman–Crippen MR) is 102 cm³/mol. The van der Waals surface area contributed by atoms with Gasteiger partial charge in [-0.25, -0.2) is 4.39 Å². The van der Waals surface area contributed by atoms with Gasteiger partial charge in [0.25, 0.3) is 5.91 Å². The molecule has 2 aromatic rings. The summed E-state index contributed by atoms with van der Waals surface area (Å²) in [4.78, 5) is 26.5. The number of benzene rings is 2. The van der Waals surface area contributed by atoms with Crippen molar-refractivity contribution >= 4 is 23.6 Å². The van der Waals surface area contributed by atoms with Crippen LogP contribution in [0.3, 0.4) is 0 Å². The Morgan fingerprint density at radius 1 is 1.22 bits per heavy atom. The third kappa shape index (κ3) is 4.53. The number of ether oxygens (including phenoxy) is 1. The summed E-state index contributed by atoms with van der Waals surface area (Å²) < 4.78 is 19.1. The zero-order valence-electron chi connectivity index (χ0n) is 15.1. The lowest BCUT2D eigenvalue weighted by Crippen LogP contribution is -2.44. The standard InChI is InChI=1S/C21H21FN2O3/c1-2-3-11-23-20(25)14-24-17-9-4-5-10-18(17)27-19(21(24)26)13-15-7-6-8-16(22)12-15/h4-10,12-13H,2-3,11,14H2,1H3,(H,23,25)/b19-13+. The molecule has 0 spiro atoms. The molecule has 0 saturated heterocycles. The van der Waals surface area contributed by atoms with Crippen LogP contribution in [0.4, 0.5) is 10.1 Å². The molecular formula is C21H21FN2O3. The summed E-state index contributed by atoms with van der Waals surface area (Å²) in [5.41, 5.74) is 1.04. The Hall–Kier alpha value is -3.15. The van der Waals surface area contributed by atoms with Gasteiger partial charge in [-0.1, -0.05) is 37.6 Å². The van der Waals surface area contributed by atoms with Gasteiger partial charge in [0, 0.05) is 6.54 Å². The molecule has 0 atom stereocenters. The van der Waals surface area contributed by atoms with Gasteiger partial charge >= 0.3 is 0 Å². The average molecular weight is 368 g/mol. The lowest BCUT2D eigenvalue weighted by atomic mass is 10.1. The van der Waals surface area contributed by atoms with Crippen molar-refractivity contribution in [3.05, 3.63) is 65.7 Å². The summed E-state index contributed by atoms with van der Waals surface area (Å²) in [6.45, 7) is 2.50. The van der Waals surface area contributed by atoms with Crippen LogP contribution in [0, 0.1) is 5.82 Å². The number of anilines is 1. The molecule has 0 unspecified atom stereocenters. The Morgan fingerprint density at radius 2 is 2.04 bits per heavy atom. The maximum Gasteiger partial charge on any atom is 0.294 e. The van der Waals surface area contributed by atoms with E-state index in [0.717, 1.165) is 12.8 Å². The molecule has 1 aliphatic rings. The molecule has 1 aliphatic heterocycles. The smallest absolute Gasteiger partial charge is 0.294 e. The van der Waals surface area contributed by atoms with Crippen LogP contribution >= 0.6 is 0 Å². The van der Waals surface area contributed by atoms with Crippen molar-refractivity contribution in [1.29, 1.82) is 0 Å². The summed E-state index contributed by atoms with van der Waals surface area (Å²) in [6.07, 6.45) is 3.33. The second-order valence-corrected chi connectivity index (χ2v) is 6.23. The number of para-hydroxylation sites is 2. The molecule has 140 valence electrons. The number of hydrogen-bond donors (Lipinski definition) is 1. The quantitative estimate of drug-likeness (QED) is 0.627. The highest BCUT2D eigenvalue weighted by Gasteiger charge is 2.31. The van der Waals surface area contributed by atoms with Gasteiger partial charge in [0.1, 0.15) is 12.4 Å². The average Bonchev–Trinajstić information content (AvgIpc) is 2.65. The molecule has 1 heterocycles. The largest absolute Gasteiger partial charge is 0.449 e. The van der Waals surface area contributed by atoms with Crippen LogP contribution in [-0.2, 0) is 9.59 Å². The number of nitrogens with zero attached hydrogens (tertiary/aromatic N) is 1. The second-order valence-electron chi connectivity index (χ2n) is 6.23. The first-order valence-corrected chi connectivity index (χ1v) is 8.91. The van der Waals surface area contributed by atoms with Crippen LogP contribution in [0.2, 0.25) is 0 Å².